The van der Waals surface area contributed by atoms with Gasteiger partial charge in [0.15, 0.2) is 5.78 Å². The molecule has 0 saturated heterocycles. The number of carbonyl (C=O) groups excluding carboxylic acids is 1. The van der Waals surface area contributed by atoms with E-state index in [0.29, 0.717) is 24.3 Å². The van der Waals surface area contributed by atoms with Gasteiger partial charge in [0, 0.05) is 40.0 Å². The largest absolute Gasteiger partial charge is 0.497 e. The highest BCUT2D eigenvalue weighted by Crippen LogP contribution is 2.50. The Balaban J connectivity index is 1.55. The number of benzene rings is 2. The number of nitrogens with zero attached hydrogens (tertiary/aromatic N) is 2. The number of carbonyl (C=O) groups is 2. The highest BCUT2D eigenvalue weighted by Gasteiger charge is 2.41. The monoisotopic (exact) mass is 511 g/mol. The van der Waals surface area contributed by atoms with E-state index in [1.54, 1.807) is 47.4 Å². The van der Waals surface area contributed by atoms with E-state index in [-0.39, 0.29) is 23.2 Å². The van der Waals surface area contributed by atoms with E-state index in [2.05, 4.69) is 11.4 Å². The minimum absolute atomic E-state index is 0.0978. The summed E-state index contributed by atoms with van der Waals surface area (Å²) in [6.45, 7) is 1.91. The topological polar surface area (TPSA) is 93.5 Å². The highest BCUT2D eigenvalue weighted by atomic mass is 32.1. The second-order valence-corrected chi connectivity index (χ2v) is 10.3. The summed E-state index contributed by atoms with van der Waals surface area (Å²) in [6, 6.07) is 18.7. The highest BCUT2D eigenvalue weighted by molar-refractivity contribution is 7.10. The summed E-state index contributed by atoms with van der Waals surface area (Å²) in [4.78, 5) is 27.0. The van der Waals surface area contributed by atoms with Gasteiger partial charge in [-0.2, -0.15) is 5.10 Å². The number of hydrogen-bond acceptors (Lipinski definition) is 6. The SMILES string of the molecule is COc1ccc([C@H]2C3=C(C[C@H](c4cccs4)CC3=O)Nc3c2c(C)nn3-c2ccccc2C(=O)O)cc1. The van der Waals surface area contributed by atoms with Crippen molar-refractivity contribution >= 4 is 28.9 Å². The van der Waals surface area contributed by atoms with Crippen LogP contribution in [-0.2, 0) is 4.79 Å². The third kappa shape index (κ3) is 3.84. The van der Waals surface area contributed by atoms with Crippen LogP contribution in [0.3, 0.4) is 0 Å². The lowest BCUT2D eigenvalue weighted by molar-refractivity contribution is -0.116. The summed E-state index contributed by atoms with van der Waals surface area (Å²) in [5.41, 5.74) is 4.85. The number of methoxy groups -OCH3 is 1. The van der Waals surface area contributed by atoms with Crippen LogP contribution >= 0.6 is 11.3 Å². The lowest BCUT2D eigenvalue weighted by Gasteiger charge is -2.35. The fourth-order valence-corrected chi connectivity index (χ4v) is 6.38. The van der Waals surface area contributed by atoms with E-state index in [1.807, 2.05) is 42.6 Å². The number of ether oxygens (including phenoxy) is 1. The number of allylic oxidation sites excluding steroid dienone is 2. The smallest absolute Gasteiger partial charge is 0.337 e. The predicted octanol–water partition coefficient (Wildman–Crippen LogP) is 5.91. The predicted molar refractivity (Wildman–Crippen MR) is 142 cm³/mol. The van der Waals surface area contributed by atoms with Crippen molar-refractivity contribution in [3.05, 3.63) is 105 Å². The van der Waals surface area contributed by atoms with Crippen LogP contribution in [0.5, 0.6) is 5.75 Å². The number of aromatic nitrogens is 2. The zero-order chi connectivity index (χ0) is 25.7. The molecule has 2 atom stereocenters. The van der Waals surface area contributed by atoms with Gasteiger partial charge in [0.05, 0.1) is 24.1 Å². The van der Waals surface area contributed by atoms with E-state index >= 15 is 0 Å². The van der Waals surface area contributed by atoms with Gasteiger partial charge in [-0.15, -0.1) is 11.3 Å². The molecular weight excluding hydrogens is 486 g/mol. The van der Waals surface area contributed by atoms with E-state index in [4.69, 9.17) is 9.84 Å². The van der Waals surface area contributed by atoms with Crippen molar-refractivity contribution in [2.75, 3.05) is 12.4 Å². The number of anilines is 1. The van der Waals surface area contributed by atoms with Crippen LogP contribution in [0.25, 0.3) is 5.69 Å². The molecule has 37 heavy (non-hydrogen) atoms. The van der Waals surface area contributed by atoms with E-state index < -0.39 is 5.97 Å². The Hall–Kier alpha value is -4.17. The molecule has 4 aromatic rings. The summed E-state index contributed by atoms with van der Waals surface area (Å²) >= 11 is 1.67. The standard InChI is InChI=1S/C29H25N3O4S/c1-16-25-26(17-9-11-19(36-2)12-10-17)27-21(14-18(15-23(27)33)24-8-5-13-37-24)30-28(25)32(31-16)22-7-4-3-6-20(22)29(34)35/h3-13,18,26,30H,14-15H2,1-2H3,(H,34,35)/t18-,26+/m0/s1. The van der Waals surface area contributed by atoms with Crippen molar-refractivity contribution in [2.24, 2.45) is 0 Å². The Bertz CT molecular complexity index is 1550. The van der Waals surface area contributed by atoms with Crippen LogP contribution in [0.1, 0.15) is 56.7 Å². The first-order chi connectivity index (χ1) is 18.0. The molecule has 7 nitrogen and oxygen atoms in total. The molecule has 2 aliphatic rings. The number of fused-ring (bicyclic) bond motifs is 1. The third-order valence-corrected chi connectivity index (χ3v) is 8.25. The molecule has 2 aromatic carbocycles. The number of para-hydroxylation sites is 1. The van der Waals surface area contributed by atoms with Crippen molar-refractivity contribution in [1.29, 1.82) is 0 Å². The number of aryl methyl sites for hydroxylation is 1. The summed E-state index contributed by atoms with van der Waals surface area (Å²) in [6.07, 6.45) is 1.15. The molecule has 0 radical (unpaired) electrons. The molecule has 0 saturated carbocycles. The lowest BCUT2D eigenvalue weighted by atomic mass is 9.73. The molecule has 1 aliphatic heterocycles. The lowest BCUT2D eigenvalue weighted by Crippen LogP contribution is -2.30. The maximum atomic E-state index is 13.8. The van der Waals surface area contributed by atoms with Crippen LogP contribution in [0, 0.1) is 6.92 Å². The van der Waals surface area contributed by atoms with E-state index in [9.17, 15) is 14.7 Å². The molecule has 1 aliphatic carbocycles. The molecule has 186 valence electrons. The first-order valence-electron chi connectivity index (χ1n) is 12.1. The zero-order valence-corrected chi connectivity index (χ0v) is 21.2. The number of thiophene rings is 1. The normalized spacial score (nSPS) is 18.7. The number of carboxylic acid groups (broad SMARTS) is 1. The van der Waals surface area contributed by atoms with Crippen LogP contribution in [0.15, 0.2) is 77.3 Å². The van der Waals surface area contributed by atoms with Gasteiger partial charge in [-0.05, 0) is 54.6 Å². The Labute approximate surface area is 218 Å². The fourth-order valence-electron chi connectivity index (χ4n) is 5.54. The van der Waals surface area contributed by atoms with Gasteiger partial charge >= 0.3 is 5.97 Å². The molecule has 2 N–H and O–H groups in total. The number of nitrogens with one attached hydrogen (secondary N) is 1. The minimum Gasteiger partial charge on any atom is -0.497 e. The van der Waals surface area contributed by atoms with Gasteiger partial charge < -0.3 is 15.2 Å². The number of aromatic carboxylic acids is 1. The summed E-state index contributed by atoms with van der Waals surface area (Å²) in [5.74, 6) is 0.315. The van der Waals surface area contributed by atoms with Crippen LogP contribution in [-0.4, -0.2) is 33.7 Å². The molecule has 0 spiro atoms. The first-order valence-corrected chi connectivity index (χ1v) is 13.0. The number of hydrogen-bond donors (Lipinski definition) is 2. The number of Topliss-reactive ketones (excluding diaryl/α,β-unsaturated/α-hetero) is 1. The van der Waals surface area contributed by atoms with Crippen molar-refractivity contribution in [3.8, 4) is 11.4 Å². The molecule has 0 fully saturated rings. The Morgan fingerprint density at radius 3 is 2.59 bits per heavy atom. The van der Waals surface area contributed by atoms with Crippen LogP contribution in [0.2, 0.25) is 0 Å². The van der Waals surface area contributed by atoms with E-state index in [1.165, 1.54) is 4.88 Å². The van der Waals surface area contributed by atoms with Crippen molar-refractivity contribution < 1.29 is 19.4 Å². The molecular formula is C29H25N3O4S. The van der Waals surface area contributed by atoms with Gasteiger partial charge in [-0.3, -0.25) is 4.79 Å². The second kappa shape index (κ2) is 9.05. The molecule has 2 aromatic heterocycles. The number of rotatable bonds is 5. The first kappa shape index (κ1) is 23.2. The average Bonchev–Trinajstić information content (AvgIpc) is 3.56. The second-order valence-electron chi connectivity index (χ2n) is 9.35. The van der Waals surface area contributed by atoms with Gasteiger partial charge in [0.1, 0.15) is 11.6 Å². The van der Waals surface area contributed by atoms with E-state index in [0.717, 1.165) is 33.8 Å². The maximum Gasteiger partial charge on any atom is 0.337 e. The molecule has 0 bridgehead atoms. The van der Waals surface area contributed by atoms with Gasteiger partial charge in [0.2, 0.25) is 0 Å². The zero-order valence-electron chi connectivity index (χ0n) is 20.4. The quantitative estimate of drug-likeness (QED) is 0.346. The third-order valence-electron chi connectivity index (χ3n) is 7.22. The summed E-state index contributed by atoms with van der Waals surface area (Å²) in [5, 5.41) is 20.2. The maximum absolute atomic E-state index is 13.8. The van der Waals surface area contributed by atoms with Crippen molar-refractivity contribution in [2.45, 2.75) is 31.6 Å². The fraction of sp³-hybridized carbons (Fsp3) is 0.207. The molecule has 6 rings (SSSR count). The summed E-state index contributed by atoms with van der Waals surface area (Å²) < 4.78 is 7.04. The molecule has 0 unspecified atom stereocenters. The van der Waals surface area contributed by atoms with Crippen LogP contribution in [0.4, 0.5) is 5.82 Å². The van der Waals surface area contributed by atoms with Crippen LogP contribution < -0.4 is 10.1 Å². The van der Waals surface area contributed by atoms with Gasteiger partial charge in [0.25, 0.3) is 0 Å². The van der Waals surface area contributed by atoms with Crippen molar-refractivity contribution in [1.82, 2.24) is 9.78 Å². The Morgan fingerprint density at radius 1 is 1.11 bits per heavy atom. The molecule has 3 heterocycles. The Morgan fingerprint density at radius 2 is 1.89 bits per heavy atom. The number of carboxylic acids is 1. The molecule has 8 heteroatoms. The van der Waals surface area contributed by atoms with Gasteiger partial charge in [-0.1, -0.05) is 30.3 Å². The minimum atomic E-state index is -1.02. The summed E-state index contributed by atoms with van der Waals surface area (Å²) in [7, 11) is 1.63. The average molecular weight is 512 g/mol. The van der Waals surface area contributed by atoms with Gasteiger partial charge in [-0.25, -0.2) is 9.48 Å². The van der Waals surface area contributed by atoms with Crippen molar-refractivity contribution in [3.63, 3.8) is 0 Å². The number of ketones is 1. The molecule has 0 amide bonds. The Kier molecular flexibility index (Phi) is 5.68.